The number of nitrogens with zero attached hydrogens (tertiary/aromatic N) is 2. The molecule has 0 N–H and O–H groups in total. The molecular weight excluding hydrogens is 299 g/mol. The van der Waals surface area contributed by atoms with E-state index in [0.717, 1.165) is 19.6 Å². The molecule has 2 heterocycles. The third kappa shape index (κ3) is 3.71. The summed E-state index contributed by atoms with van der Waals surface area (Å²) >= 11 is 0. The Bertz CT molecular complexity index is 678. The van der Waals surface area contributed by atoms with Gasteiger partial charge in [0.05, 0.1) is 0 Å². The van der Waals surface area contributed by atoms with E-state index in [1.807, 2.05) is 0 Å². The highest BCUT2D eigenvalue weighted by atomic mass is 19.1. The number of carbonyl (C=O) groups excluding carboxylic acids is 1. The topological polar surface area (TPSA) is 45.9 Å². The molecule has 0 aliphatic carbocycles. The molecule has 1 aliphatic heterocycles. The van der Waals surface area contributed by atoms with Crippen molar-refractivity contribution in [3.63, 3.8) is 0 Å². The second kappa shape index (κ2) is 6.83. The van der Waals surface area contributed by atoms with Crippen LogP contribution in [0.25, 0.3) is 0 Å². The largest absolute Gasteiger partial charge is 0.426 e. The van der Waals surface area contributed by atoms with Crippen LogP contribution in [0.2, 0.25) is 0 Å². The van der Waals surface area contributed by atoms with E-state index in [4.69, 9.17) is 9.15 Å². The molecule has 1 aromatic carbocycles. The van der Waals surface area contributed by atoms with E-state index >= 15 is 0 Å². The van der Waals surface area contributed by atoms with Gasteiger partial charge in [0, 0.05) is 38.3 Å². The van der Waals surface area contributed by atoms with Gasteiger partial charge in [-0.05, 0) is 24.7 Å². The minimum atomic E-state index is -0.390. The quantitative estimate of drug-likeness (QED) is 0.869. The van der Waals surface area contributed by atoms with Crippen molar-refractivity contribution >= 4 is 5.91 Å². The van der Waals surface area contributed by atoms with Gasteiger partial charge < -0.3 is 19.0 Å². The molecule has 5 nitrogen and oxygen atoms in total. The lowest BCUT2D eigenvalue weighted by Gasteiger charge is -2.33. The van der Waals surface area contributed by atoms with Crippen LogP contribution in [0, 0.1) is 5.82 Å². The van der Waals surface area contributed by atoms with Crippen molar-refractivity contribution in [3.8, 4) is 11.7 Å². The van der Waals surface area contributed by atoms with Gasteiger partial charge in [-0.3, -0.25) is 4.79 Å². The smallest absolute Gasteiger partial charge is 0.290 e. The summed E-state index contributed by atoms with van der Waals surface area (Å²) < 4.78 is 24.0. The monoisotopic (exact) mass is 318 g/mol. The Morgan fingerprint density at radius 1 is 1.22 bits per heavy atom. The molecule has 122 valence electrons. The summed E-state index contributed by atoms with van der Waals surface area (Å²) in [4.78, 5) is 16.5. The fourth-order valence-electron chi connectivity index (χ4n) is 2.56. The van der Waals surface area contributed by atoms with Crippen LogP contribution in [0.4, 0.5) is 4.39 Å². The van der Waals surface area contributed by atoms with Gasteiger partial charge in [0.25, 0.3) is 11.9 Å². The molecule has 3 rings (SSSR count). The highest BCUT2D eigenvalue weighted by Gasteiger charge is 2.23. The number of carbonyl (C=O) groups is 1. The van der Waals surface area contributed by atoms with E-state index in [1.54, 1.807) is 29.2 Å². The standard InChI is InChI=1S/C17H19FN2O3/c1-2-19-8-10-20(11-9-19)17(21)15-6-7-16(23-15)22-14-5-3-4-13(18)12-14/h3-7,12H,2,8-11H2,1H3. The second-order valence-electron chi connectivity index (χ2n) is 5.40. The van der Waals surface area contributed by atoms with Crippen molar-refractivity contribution in [2.24, 2.45) is 0 Å². The first kappa shape index (κ1) is 15.6. The third-order valence-electron chi connectivity index (χ3n) is 3.91. The van der Waals surface area contributed by atoms with Crippen LogP contribution in [0.3, 0.4) is 0 Å². The molecule has 1 saturated heterocycles. The van der Waals surface area contributed by atoms with Gasteiger partial charge in [-0.1, -0.05) is 13.0 Å². The van der Waals surface area contributed by atoms with Crippen molar-refractivity contribution in [1.82, 2.24) is 9.80 Å². The molecule has 2 aromatic rings. The molecule has 0 bridgehead atoms. The Labute approximate surface area is 134 Å². The molecule has 23 heavy (non-hydrogen) atoms. The summed E-state index contributed by atoms with van der Waals surface area (Å²) in [6.45, 7) is 6.22. The van der Waals surface area contributed by atoms with Gasteiger partial charge >= 0.3 is 0 Å². The van der Waals surface area contributed by atoms with Crippen LogP contribution in [0.1, 0.15) is 17.5 Å². The number of benzene rings is 1. The molecule has 1 amide bonds. The number of ether oxygens (including phenoxy) is 1. The molecule has 0 radical (unpaired) electrons. The normalized spacial score (nSPS) is 15.7. The lowest BCUT2D eigenvalue weighted by molar-refractivity contribution is 0.0608. The van der Waals surface area contributed by atoms with Crippen LogP contribution >= 0.6 is 0 Å². The maximum Gasteiger partial charge on any atom is 0.290 e. The van der Waals surface area contributed by atoms with E-state index in [2.05, 4.69) is 11.8 Å². The molecule has 1 fully saturated rings. The Hall–Kier alpha value is -2.34. The zero-order chi connectivity index (χ0) is 16.2. The second-order valence-corrected chi connectivity index (χ2v) is 5.40. The highest BCUT2D eigenvalue weighted by Crippen LogP contribution is 2.25. The third-order valence-corrected chi connectivity index (χ3v) is 3.91. The summed E-state index contributed by atoms with van der Waals surface area (Å²) in [6, 6.07) is 8.92. The molecule has 0 atom stereocenters. The van der Waals surface area contributed by atoms with E-state index in [9.17, 15) is 9.18 Å². The van der Waals surface area contributed by atoms with Crippen LogP contribution in [-0.4, -0.2) is 48.4 Å². The van der Waals surface area contributed by atoms with Crippen LogP contribution in [-0.2, 0) is 0 Å². The molecule has 0 unspecified atom stereocenters. The molecular formula is C17H19FN2O3. The number of halogens is 1. The fourth-order valence-corrected chi connectivity index (χ4v) is 2.56. The number of amides is 1. The lowest BCUT2D eigenvalue weighted by Crippen LogP contribution is -2.48. The zero-order valence-corrected chi connectivity index (χ0v) is 13.0. The van der Waals surface area contributed by atoms with Crippen molar-refractivity contribution in [1.29, 1.82) is 0 Å². The summed E-state index contributed by atoms with van der Waals surface area (Å²) in [5.41, 5.74) is 0. The van der Waals surface area contributed by atoms with Gasteiger partial charge in [-0.15, -0.1) is 0 Å². The van der Waals surface area contributed by atoms with E-state index in [-0.39, 0.29) is 23.4 Å². The van der Waals surface area contributed by atoms with Crippen molar-refractivity contribution in [2.75, 3.05) is 32.7 Å². The number of likely N-dealkylation sites (N-methyl/N-ethyl adjacent to an activating group) is 1. The number of furan rings is 1. The molecule has 1 aliphatic rings. The van der Waals surface area contributed by atoms with E-state index in [1.165, 1.54) is 12.1 Å². The number of piperazine rings is 1. The number of rotatable bonds is 4. The minimum absolute atomic E-state index is 0.144. The van der Waals surface area contributed by atoms with Crippen molar-refractivity contribution < 1.29 is 18.3 Å². The molecule has 0 spiro atoms. The maximum atomic E-state index is 13.1. The molecule has 1 aromatic heterocycles. The average molecular weight is 318 g/mol. The van der Waals surface area contributed by atoms with Crippen LogP contribution in [0.5, 0.6) is 11.7 Å². The Morgan fingerprint density at radius 3 is 2.70 bits per heavy atom. The first-order valence-corrected chi connectivity index (χ1v) is 7.70. The maximum absolute atomic E-state index is 13.1. The summed E-state index contributed by atoms with van der Waals surface area (Å²) in [6.07, 6.45) is 0. The van der Waals surface area contributed by atoms with Gasteiger partial charge in [-0.2, -0.15) is 0 Å². The summed E-state index contributed by atoms with van der Waals surface area (Å²) in [5, 5.41) is 0. The SMILES string of the molecule is CCN1CCN(C(=O)c2ccc(Oc3cccc(F)c3)o2)CC1. The van der Waals surface area contributed by atoms with Gasteiger partial charge in [0.1, 0.15) is 11.6 Å². The van der Waals surface area contributed by atoms with Gasteiger partial charge in [0.2, 0.25) is 0 Å². The number of hydrogen-bond donors (Lipinski definition) is 0. The average Bonchev–Trinajstić information content (AvgIpc) is 3.03. The molecule has 6 heteroatoms. The van der Waals surface area contributed by atoms with E-state index < -0.39 is 0 Å². The first-order chi connectivity index (χ1) is 11.2. The fraction of sp³-hybridized carbons (Fsp3) is 0.353. The minimum Gasteiger partial charge on any atom is -0.426 e. The Kier molecular flexibility index (Phi) is 4.62. The summed E-state index contributed by atoms with van der Waals surface area (Å²) in [5.74, 6) is 0.205. The Morgan fingerprint density at radius 2 is 2.00 bits per heavy atom. The molecule has 0 saturated carbocycles. The first-order valence-electron chi connectivity index (χ1n) is 7.70. The summed E-state index contributed by atoms with van der Waals surface area (Å²) in [7, 11) is 0. The predicted molar refractivity (Wildman–Crippen MR) is 83.2 cm³/mol. The van der Waals surface area contributed by atoms with E-state index in [0.29, 0.717) is 18.8 Å². The lowest BCUT2D eigenvalue weighted by atomic mass is 10.3. The Balaban J connectivity index is 1.63. The predicted octanol–water partition coefficient (Wildman–Crippen LogP) is 2.99. The highest BCUT2D eigenvalue weighted by molar-refractivity contribution is 5.91. The number of hydrogen-bond acceptors (Lipinski definition) is 4. The van der Waals surface area contributed by atoms with Crippen LogP contribution in [0.15, 0.2) is 40.8 Å². The van der Waals surface area contributed by atoms with Crippen molar-refractivity contribution in [2.45, 2.75) is 6.92 Å². The zero-order valence-electron chi connectivity index (χ0n) is 13.0. The van der Waals surface area contributed by atoms with Crippen molar-refractivity contribution in [3.05, 3.63) is 48.0 Å². The van der Waals surface area contributed by atoms with Crippen LogP contribution < -0.4 is 4.74 Å². The van der Waals surface area contributed by atoms with Gasteiger partial charge in [0.15, 0.2) is 5.76 Å². The van der Waals surface area contributed by atoms with Gasteiger partial charge in [-0.25, -0.2) is 4.39 Å².